The molecule has 3 aromatic rings. The van der Waals surface area contributed by atoms with Gasteiger partial charge in [-0.05, 0) is 62.6 Å². The van der Waals surface area contributed by atoms with Gasteiger partial charge in [-0.15, -0.1) is 0 Å². The summed E-state index contributed by atoms with van der Waals surface area (Å²) in [5.41, 5.74) is 0.673. The number of carbonyl (C=O) groups is 3. The molecule has 1 aliphatic heterocycles. The summed E-state index contributed by atoms with van der Waals surface area (Å²) in [6.07, 6.45) is -0.582. The Balaban J connectivity index is 1.58. The van der Waals surface area contributed by atoms with Crippen molar-refractivity contribution in [2.24, 2.45) is 5.92 Å². The Morgan fingerprint density at radius 3 is 2.15 bits per heavy atom. The minimum Gasteiger partial charge on any atom is -0.493 e. The average molecular weight is 640 g/mol. The fraction of sp³-hybridized carbons (Fsp3) is 0.382. The highest BCUT2D eigenvalue weighted by Gasteiger charge is 2.36. The van der Waals surface area contributed by atoms with Gasteiger partial charge < -0.3 is 38.5 Å². The number of carbonyl (C=O) groups excluding carboxylic acids is 3. The molecule has 0 aliphatic carbocycles. The molecule has 1 amide bonds. The van der Waals surface area contributed by atoms with Gasteiger partial charge in [-0.3, -0.25) is 4.79 Å². The van der Waals surface area contributed by atoms with E-state index in [4.69, 9.17) is 33.2 Å². The van der Waals surface area contributed by atoms with Gasteiger partial charge in [0, 0.05) is 12.5 Å². The Hall–Kier alpha value is -5.00. The second kappa shape index (κ2) is 14.4. The topological polar surface area (TPSA) is 128 Å². The third-order valence-electron chi connectivity index (χ3n) is 7.10. The highest BCUT2D eigenvalue weighted by molar-refractivity contribution is 6.05. The number of amides is 1. The lowest BCUT2D eigenvalue weighted by molar-refractivity contribution is -0.136. The van der Waals surface area contributed by atoms with Gasteiger partial charge in [-0.25, -0.2) is 14.0 Å². The van der Waals surface area contributed by atoms with Crippen molar-refractivity contribution in [2.45, 2.75) is 45.3 Å². The fourth-order valence-corrected chi connectivity index (χ4v) is 4.99. The number of nitrogens with one attached hydrogen (secondary N) is 1. The van der Waals surface area contributed by atoms with Crippen molar-refractivity contribution < 1.29 is 51.9 Å². The third kappa shape index (κ3) is 7.98. The van der Waals surface area contributed by atoms with Crippen molar-refractivity contribution in [3.8, 4) is 34.5 Å². The number of methoxy groups -OCH3 is 4. The average Bonchev–Trinajstić information content (AvgIpc) is 3.01. The highest BCUT2D eigenvalue weighted by atomic mass is 19.1. The van der Waals surface area contributed by atoms with Crippen LogP contribution in [0.15, 0.2) is 48.5 Å². The van der Waals surface area contributed by atoms with Crippen molar-refractivity contribution in [3.63, 3.8) is 0 Å². The van der Waals surface area contributed by atoms with Gasteiger partial charge in [0.05, 0.1) is 41.0 Å². The minimum atomic E-state index is -1.18. The van der Waals surface area contributed by atoms with Gasteiger partial charge >= 0.3 is 12.1 Å². The molecule has 246 valence electrons. The number of Topliss-reactive ketones (excluding diaryl/α,β-unsaturated/α-hetero) is 1. The Morgan fingerprint density at radius 2 is 1.54 bits per heavy atom. The number of halogens is 1. The van der Waals surface area contributed by atoms with Crippen LogP contribution in [0.2, 0.25) is 0 Å². The molecule has 0 fully saturated rings. The predicted molar refractivity (Wildman–Crippen MR) is 165 cm³/mol. The maximum atomic E-state index is 13.7. The number of esters is 1. The van der Waals surface area contributed by atoms with E-state index in [2.05, 4.69) is 5.32 Å². The lowest BCUT2D eigenvalue weighted by Gasteiger charge is -2.27. The van der Waals surface area contributed by atoms with E-state index in [1.54, 1.807) is 45.0 Å². The molecular formula is C34H38FNO10. The maximum absolute atomic E-state index is 13.7. The van der Waals surface area contributed by atoms with Crippen LogP contribution in [0.5, 0.6) is 34.5 Å². The van der Waals surface area contributed by atoms with E-state index in [1.165, 1.54) is 52.7 Å². The van der Waals surface area contributed by atoms with Crippen molar-refractivity contribution in [1.82, 2.24) is 5.32 Å². The lowest BCUT2D eigenvalue weighted by Crippen LogP contribution is -2.46. The van der Waals surface area contributed by atoms with Gasteiger partial charge in [-0.2, -0.15) is 0 Å². The number of hydrogen-bond donors (Lipinski definition) is 1. The van der Waals surface area contributed by atoms with Gasteiger partial charge in [-0.1, -0.05) is 18.2 Å². The molecule has 46 heavy (non-hydrogen) atoms. The van der Waals surface area contributed by atoms with E-state index < -0.39 is 35.4 Å². The molecular weight excluding hydrogens is 601 g/mol. The predicted octanol–water partition coefficient (Wildman–Crippen LogP) is 5.34. The molecule has 11 nitrogen and oxygen atoms in total. The van der Waals surface area contributed by atoms with Crippen molar-refractivity contribution >= 4 is 17.8 Å². The molecule has 0 saturated heterocycles. The number of ketones is 1. The Labute approximate surface area is 266 Å². The van der Waals surface area contributed by atoms with Gasteiger partial charge in [0.1, 0.15) is 28.8 Å². The van der Waals surface area contributed by atoms with Crippen LogP contribution < -0.4 is 33.7 Å². The summed E-state index contributed by atoms with van der Waals surface area (Å²) in [5.74, 6) is -0.551. The summed E-state index contributed by atoms with van der Waals surface area (Å²) in [5, 5.41) is 2.56. The summed E-state index contributed by atoms with van der Waals surface area (Å²) in [4.78, 5) is 39.8. The Kier molecular flexibility index (Phi) is 10.6. The monoisotopic (exact) mass is 639 g/mol. The second-order valence-corrected chi connectivity index (χ2v) is 11.5. The molecule has 2 atom stereocenters. The molecule has 0 aromatic heterocycles. The summed E-state index contributed by atoms with van der Waals surface area (Å²) in [7, 11) is 5.78. The molecule has 0 bridgehead atoms. The van der Waals surface area contributed by atoms with Gasteiger partial charge in [0.25, 0.3) is 0 Å². The van der Waals surface area contributed by atoms with Crippen LogP contribution in [0.1, 0.15) is 42.3 Å². The summed E-state index contributed by atoms with van der Waals surface area (Å²) >= 11 is 0. The first kappa shape index (κ1) is 33.9. The number of alkyl carbamates (subject to hydrolysis) is 1. The van der Waals surface area contributed by atoms with Crippen LogP contribution in [-0.2, 0) is 22.4 Å². The molecule has 1 N–H and O–H groups in total. The Morgan fingerprint density at radius 1 is 0.891 bits per heavy atom. The standard InChI is InChI=1S/C34H38FNO10/c1-34(2,3)46-33(39)36-23(15-19-8-11-22(35)12-9-19)32(38)45-25-16-20(10-13-24(25)40-4)14-21-18-44-26-17-27(41-5)30(42-6)31(43-7)28(26)29(21)37/h8-13,16-17,21,23H,14-15,18H2,1-7H3,(H,36,39)/t21?,23-/m0/s1. The summed E-state index contributed by atoms with van der Waals surface area (Å²) < 4.78 is 52.3. The fourth-order valence-electron chi connectivity index (χ4n) is 4.99. The molecule has 1 unspecified atom stereocenters. The van der Waals surface area contributed by atoms with Crippen LogP contribution in [0.4, 0.5) is 9.18 Å². The van der Waals surface area contributed by atoms with E-state index in [1.807, 2.05) is 0 Å². The number of benzene rings is 3. The van der Waals surface area contributed by atoms with Crippen molar-refractivity contribution in [1.29, 1.82) is 0 Å². The van der Waals surface area contributed by atoms with Crippen LogP contribution >= 0.6 is 0 Å². The molecule has 12 heteroatoms. The second-order valence-electron chi connectivity index (χ2n) is 11.5. The number of hydrogen-bond acceptors (Lipinski definition) is 10. The largest absolute Gasteiger partial charge is 0.493 e. The third-order valence-corrected chi connectivity index (χ3v) is 7.10. The number of ether oxygens (including phenoxy) is 7. The Bertz CT molecular complexity index is 1580. The van der Waals surface area contributed by atoms with E-state index in [0.29, 0.717) is 22.6 Å². The molecule has 4 rings (SSSR count). The normalized spacial score (nSPS) is 14.7. The zero-order valence-electron chi connectivity index (χ0n) is 26.9. The SMILES string of the molecule is COc1ccc(CC2COc3cc(OC)c(OC)c(OC)c3C2=O)cc1OC(=O)[C@H](Cc1ccc(F)cc1)NC(=O)OC(C)(C)C. The van der Waals surface area contributed by atoms with Crippen molar-refractivity contribution in [2.75, 3.05) is 35.0 Å². The zero-order valence-corrected chi connectivity index (χ0v) is 26.9. The summed E-state index contributed by atoms with van der Waals surface area (Å²) in [6.45, 7) is 5.17. The highest BCUT2D eigenvalue weighted by Crippen LogP contribution is 2.47. The molecule has 0 spiro atoms. The first-order valence-corrected chi connectivity index (χ1v) is 14.5. The van der Waals surface area contributed by atoms with E-state index in [-0.39, 0.29) is 53.8 Å². The number of rotatable bonds is 11. The van der Waals surface area contributed by atoms with E-state index >= 15 is 0 Å². The first-order valence-electron chi connectivity index (χ1n) is 14.5. The van der Waals surface area contributed by atoms with Crippen LogP contribution in [0.3, 0.4) is 0 Å². The van der Waals surface area contributed by atoms with Crippen LogP contribution in [0, 0.1) is 11.7 Å². The van der Waals surface area contributed by atoms with E-state index in [9.17, 15) is 18.8 Å². The molecule has 1 aliphatic rings. The van der Waals surface area contributed by atoms with Crippen LogP contribution in [-0.4, -0.2) is 64.5 Å². The van der Waals surface area contributed by atoms with Crippen LogP contribution in [0.25, 0.3) is 0 Å². The van der Waals surface area contributed by atoms with E-state index in [0.717, 1.165) is 0 Å². The van der Waals surface area contributed by atoms with Crippen molar-refractivity contribution in [3.05, 3.63) is 71.0 Å². The molecule has 1 heterocycles. The zero-order chi connectivity index (χ0) is 33.6. The minimum absolute atomic E-state index is 0.00374. The molecule has 0 radical (unpaired) electrons. The molecule has 3 aromatic carbocycles. The first-order chi connectivity index (χ1) is 21.9. The number of fused-ring (bicyclic) bond motifs is 1. The maximum Gasteiger partial charge on any atom is 0.408 e. The van der Waals surface area contributed by atoms with Gasteiger partial charge in [0.15, 0.2) is 28.8 Å². The summed E-state index contributed by atoms with van der Waals surface area (Å²) in [6, 6.07) is 10.9. The molecule has 0 saturated carbocycles. The lowest BCUT2D eigenvalue weighted by atomic mass is 9.88. The van der Waals surface area contributed by atoms with Gasteiger partial charge in [0.2, 0.25) is 5.75 Å². The smallest absolute Gasteiger partial charge is 0.408 e. The quantitative estimate of drug-likeness (QED) is 0.217.